The molecule has 0 aliphatic carbocycles. The predicted molar refractivity (Wildman–Crippen MR) is 88.4 cm³/mol. The normalized spacial score (nSPS) is 17.9. The largest absolute Gasteiger partial charge is 0.369 e. The molecule has 1 aliphatic rings. The van der Waals surface area contributed by atoms with Gasteiger partial charge in [-0.3, -0.25) is 5.41 Å². The zero-order chi connectivity index (χ0) is 17.0. The van der Waals surface area contributed by atoms with Gasteiger partial charge >= 0.3 is 0 Å². The fraction of sp³-hybridized carbons (Fsp3) is 0.429. The molecule has 1 aromatic carbocycles. The molecule has 0 spiro atoms. The van der Waals surface area contributed by atoms with Crippen molar-refractivity contribution in [3.63, 3.8) is 0 Å². The maximum absolute atomic E-state index is 13.1. The van der Waals surface area contributed by atoms with Gasteiger partial charge in [0.25, 0.3) is 5.92 Å². The van der Waals surface area contributed by atoms with E-state index in [1.807, 2.05) is 0 Å². The van der Waals surface area contributed by atoms with Crippen LogP contribution in [-0.4, -0.2) is 35.8 Å². The first kappa shape index (κ1) is 17.7. The maximum Gasteiger partial charge on any atom is 0.251 e. The van der Waals surface area contributed by atoms with Gasteiger partial charge in [0.15, 0.2) is 5.96 Å². The molecule has 2 rings (SSSR count). The highest BCUT2D eigenvalue weighted by Gasteiger charge is 2.34. The van der Waals surface area contributed by atoms with E-state index in [1.54, 1.807) is 23.1 Å². The van der Waals surface area contributed by atoms with Crippen LogP contribution in [0.4, 0.5) is 8.78 Å². The fourth-order valence-electron chi connectivity index (χ4n) is 2.12. The number of benzene rings is 1. The molecule has 23 heavy (non-hydrogen) atoms. The van der Waals surface area contributed by atoms with E-state index in [2.05, 4.69) is 10.3 Å². The Morgan fingerprint density at radius 3 is 2.57 bits per heavy atom. The number of piperidine rings is 1. The average molecular weight is 364 g/mol. The fourth-order valence-corrected chi connectivity index (χ4v) is 2.44. The van der Waals surface area contributed by atoms with E-state index in [1.165, 1.54) is 0 Å². The number of hydrogen-bond acceptors (Lipinski definition) is 1. The number of nitrogens with zero attached hydrogens (tertiary/aromatic N) is 2. The summed E-state index contributed by atoms with van der Waals surface area (Å²) in [6, 6.07) is 5.12. The number of alkyl halides is 2. The third-order valence-corrected chi connectivity index (χ3v) is 4.23. The van der Waals surface area contributed by atoms with Gasteiger partial charge in [-0.1, -0.05) is 29.3 Å². The molecule has 0 bridgehead atoms. The van der Waals surface area contributed by atoms with Crippen molar-refractivity contribution in [2.75, 3.05) is 13.1 Å². The van der Waals surface area contributed by atoms with Crippen molar-refractivity contribution >= 4 is 35.1 Å². The van der Waals surface area contributed by atoms with Crippen molar-refractivity contribution in [3.05, 3.63) is 33.8 Å². The zero-order valence-electron chi connectivity index (χ0n) is 12.3. The number of nitrogens with two attached hydrogens (primary N) is 1. The molecule has 1 fully saturated rings. The molecule has 0 aromatic heterocycles. The van der Waals surface area contributed by atoms with Gasteiger partial charge < -0.3 is 16.0 Å². The maximum atomic E-state index is 13.1. The molecular weight excluding hydrogens is 347 g/mol. The first-order valence-corrected chi connectivity index (χ1v) is 7.76. The Balaban J connectivity index is 1.87. The number of rotatable bonds is 2. The number of likely N-dealkylation sites (tertiary alicyclic amines) is 1. The summed E-state index contributed by atoms with van der Waals surface area (Å²) in [5.41, 5.74) is 6.59. The standard InChI is InChI=1S/C14H17Cl2F2N5/c15-10-2-1-9(7-11(10)16)8-21-12(19)22-13(20)23-5-3-14(17,18)4-6-23/h1-2,7H,3-6,8H2,(H4,19,20,21,22). The van der Waals surface area contributed by atoms with Crippen LogP contribution < -0.4 is 11.1 Å². The molecule has 0 amide bonds. The van der Waals surface area contributed by atoms with Gasteiger partial charge in [0, 0.05) is 32.5 Å². The number of nitrogens with one attached hydrogen (secondary N) is 2. The van der Waals surface area contributed by atoms with Crippen LogP contribution in [0.15, 0.2) is 23.2 Å². The number of hydrogen-bond donors (Lipinski definition) is 3. The summed E-state index contributed by atoms with van der Waals surface area (Å²) in [7, 11) is 0. The molecule has 126 valence electrons. The molecular formula is C14H17Cl2F2N5. The molecule has 9 heteroatoms. The van der Waals surface area contributed by atoms with Gasteiger partial charge in [0.1, 0.15) is 0 Å². The predicted octanol–water partition coefficient (Wildman–Crippen LogP) is 3.06. The zero-order valence-corrected chi connectivity index (χ0v) is 13.8. The summed E-state index contributed by atoms with van der Waals surface area (Å²) >= 11 is 11.7. The second-order valence-corrected chi connectivity index (χ2v) is 6.08. The lowest BCUT2D eigenvalue weighted by atomic mass is 10.1. The number of halogens is 4. The second kappa shape index (κ2) is 7.31. The Kier molecular flexibility index (Phi) is 5.64. The van der Waals surface area contributed by atoms with Crippen molar-refractivity contribution in [1.82, 2.24) is 10.2 Å². The van der Waals surface area contributed by atoms with E-state index in [9.17, 15) is 8.78 Å². The molecule has 0 saturated carbocycles. The molecule has 1 heterocycles. The quantitative estimate of drug-likeness (QED) is 0.558. The lowest BCUT2D eigenvalue weighted by Crippen LogP contribution is -2.46. The molecule has 1 saturated heterocycles. The highest BCUT2D eigenvalue weighted by Crippen LogP contribution is 2.27. The van der Waals surface area contributed by atoms with E-state index in [0.717, 1.165) is 5.56 Å². The molecule has 5 nitrogen and oxygen atoms in total. The minimum absolute atomic E-state index is 0.0622. The second-order valence-electron chi connectivity index (χ2n) is 5.26. The van der Waals surface area contributed by atoms with Crippen LogP contribution in [0.5, 0.6) is 0 Å². The first-order valence-electron chi connectivity index (χ1n) is 7.00. The Labute approximate surface area is 143 Å². The molecule has 0 unspecified atom stereocenters. The monoisotopic (exact) mass is 363 g/mol. The smallest absolute Gasteiger partial charge is 0.251 e. The van der Waals surface area contributed by atoms with Gasteiger partial charge in [-0.25, -0.2) is 8.78 Å². The number of guanidine groups is 2. The summed E-state index contributed by atoms with van der Waals surface area (Å²) in [5, 5.41) is 11.4. The van der Waals surface area contributed by atoms with Crippen LogP contribution in [0, 0.1) is 5.41 Å². The Morgan fingerprint density at radius 2 is 1.96 bits per heavy atom. The van der Waals surface area contributed by atoms with Crippen molar-refractivity contribution in [2.45, 2.75) is 25.3 Å². The van der Waals surface area contributed by atoms with E-state index in [4.69, 9.17) is 34.3 Å². The molecule has 1 aliphatic heterocycles. The minimum Gasteiger partial charge on any atom is -0.369 e. The van der Waals surface area contributed by atoms with Crippen molar-refractivity contribution in [1.29, 1.82) is 5.41 Å². The van der Waals surface area contributed by atoms with Crippen LogP contribution in [-0.2, 0) is 6.54 Å². The molecule has 0 radical (unpaired) electrons. The van der Waals surface area contributed by atoms with Gasteiger partial charge in [-0.05, 0) is 17.7 Å². The van der Waals surface area contributed by atoms with Gasteiger partial charge in [0.05, 0.1) is 10.0 Å². The average Bonchev–Trinajstić information content (AvgIpc) is 2.48. The van der Waals surface area contributed by atoms with Crippen molar-refractivity contribution < 1.29 is 8.78 Å². The van der Waals surface area contributed by atoms with Gasteiger partial charge in [-0.15, -0.1) is 0 Å². The molecule has 0 atom stereocenters. The SMILES string of the molecule is N=C(N=C(N)N1CCC(F)(F)CC1)NCc1ccc(Cl)c(Cl)c1. The van der Waals surface area contributed by atoms with E-state index >= 15 is 0 Å². The van der Waals surface area contributed by atoms with Crippen LogP contribution in [0.25, 0.3) is 0 Å². The van der Waals surface area contributed by atoms with Crippen molar-refractivity contribution in [2.24, 2.45) is 10.7 Å². The Hall–Kier alpha value is -1.60. The van der Waals surface area contributed by atoms with Crippen LogP contribution in [0.1, 0.15) is 18.4 Å². The lowest BCUT2D eigenvalue weighted by molar-refractivity contribution is -0.0435. The number of aliphatic imine (C=N–C) groups is 1. The van der Waals surface area contributed by atoms with Gasteiger partial charge in [0.2, 0.25) is 5.96 Å². The molecule has 4 N–H and O–H groups in total. The third kappa shape index (κ3) is 5.21. The summed E-state index contributed by atoms with van der Waals surface area (Å²) < 4.78 is 26.2. The summed E-state index contributed by atoms with van der Waals surface area (Å²) in [5.74, 6) is -2.73. The Morgan fingerprint density at radius 1 is 1.30 bits per heavy atom. The van der Waals surface area contributed by atoms with E-state index < -0.39 is 5.92 Å². The summed E-state index contributed by atoms with van der Waals surface area (Å²) in [4.78, 5) is 5.44. The highest BCUT2D eigenvalue weighted by molar-refractivity contribution is 6.42. The van der Waals surface area contributed by atoms with Crippen molar-refractivity contribution in [3.8, 4) is 0 Å². The lowest BCUT2D eigenvalue weighted by Gasteiger charge is -2.32. The van der Waals surface area contributed by atoms with Crippen LogP contribution in [0.3, 0.4) is 0 Å². The topological polar surface area (TPSA) is 77.5 Å². The summed E-state index contributed by atoms with van der Waals surface area (Å²) in [6.07, 6.45) is -0.513. The van der Waals surface area contributed by atoms with Crippen LogP contribution in [0.2, 0.25) is 10.0 Å². The summed E-state index contributed by atoms with van der Waals surface area (Å²) in [6.45, 7) is 0.579. The highest BCUT2D eigenvalue weighted by atomic mass is 35.5. The van der Waals surface area contributed by atoms with Crippen LogP contribution >= 0.6 is 23.2 Å². The third-order valence-electron chi connectivity index (χ3n) is 3.49. The minimum atomic E-state index is -2.64. The van der Waals surface area contributed by atoms with Gasteiger partial charge in [-0.2, -0.15) is 4.99 Å². The molecule has 1 aromatic rings. The van der Waals surface area contributed by atoms with E-state index in [0.29, 0.717) is 16.6 Å². The first-order chi connectivity index (χ1) is 10.8. The Bertz CT molecular complexity index is 611. The van der Waals surface area contributed by atoms with E-state index in [-0.39, 0.29) is 37.9 Å².